The standard InChI is InChI=1S/C25H28N4OS/c1-16-6-8-19(9-7-16)23-15-28(18(3)31-23)29-14-17(2)13-25(29,4)24-26-21-11-10-20(30-5)12-22(21)27-24/h6-12,15,18H,2,13-14H2,1,3-5H3,(H,26,27). The number of hydrogen-bond donors (Lipinski definition) is 1. The Bertz CT molecular complexity index is 1180. The zero-order chi connectivity index (χ0) is 21.8. The molecule has 3 heterocycles. The molecule has 0 aliphatic carbocycles. The van der Waals surface area contributed by atoms with Crippen molar-refractivity contribution < 1.29 is 4.74 Å². The van der Waals surface area contributed by atoms with Gasteiger partial charge >= 0.3 is 0 Å². The van der Waals surface area contributed by atoms with Gasteiger partial charge in [-0.1, -0.05) is 53.7 Å². The van der Waals surface area contributed by atoms with Crippen LogP contribution >= 0.6 is 11.8 Å². The maximum atomic E-state index is 5.39. The Hall–Kier alpha value is -2.70. The van der Waals surface area contributed by atoms with E-state index in [2.05, 4.69) is 72.8 Å². The summed E-state index contributed by atoms with van der Waals surface area (Å²) in [5, 5.41) is 5.08. The number of imidazole rings is 1. The molecule has 0 amide bonds. The molecule has 2 aromatic carbocycles. The maximum Gasteiger partial charge on any atom is 0.129 e. The van der Waals surface area contributed by atoms with Crippen molar-refractivity contribution in [1.29, 1.82) is 0 Å². The Morgan fingerprint density at radius 1 is 1.23 bits per heavy atom. The number of hydrogen-bond acceptors (Lipinski definition) is 5. The smallest absolute Gasteiger partial charge is 0.129 e. The lowest BCUT2D eigenvalue weighted by atomic mass is 9.97. The SMILES string of the molecule is C=C1CN(N2C=C(c3ccc(C)cc3)SC2C)C(C)(c2nc3ccc(OC)cc3[nH]2)C1. The van der Waals surface area contributed by atoms with Crippen LogP contribution in [0.3, 0.4) is 0 Å². The molecular weight excluding hydrogens is 404 g/mol. The predicted octanol–water partition coefficient (Wildman–Crippen LogP) is 5.67. The van der Waals surface area contributed by atoms with Gasteiger partial charge in [-0.05, 0) is 44.9 Å². The summed E-state index contributed by atoms with van der Waals surface area (Å²) in [4.78, 5) is 9.82. The molecule has 5 nitrogen and oxygen atoms in total. The van der Waals surface area contributed by atoms with E-state index < -0.39 is 0 Å². The van der Waals surface area contributed by atoms with E-state index in [0.29, 0.717) is 5.37 Å². The topological polar surface area (TPSA) is 44.4 Å². The summed E-state index contributed by atoms with van der Waals surface area (Å²) in [5.74, 6) is 1.79. The third kappa shape index (κ3) is 3.44. The van der Waals surface area contributed by atoms with Crippen LogP contribution in [0.25, 0.3) is 15.9 Å². The van der Waals surface area contributed by atoms with Crippen molar-refractivity contribution in [2.75, 3.05) is 13.7 Å². The number of fused-ring (bicyclic) bond motifs is 1. The normalized spacial score (nSPS) is 24.3. The number of aryl methyl sites for hydroxylation is 1. The molecule has 0 radical (unpaired) electrons. The van der Waals surface area contributed by atoms with Crippen LogP contribution in [0.15, 0.2) is 60.8 Å². The van der Waals surface area contributed by atoms with Crippen LogP contribution in [0.5, 0.6) is 5.75 Å². The van der Waals surface area contributed by atoms with Crippen LogP contribution in [0, 0.1) is 6.92 Å². The first-order chi connectivity index (χ1) is 14.9. The first kappa shape index (κ1) is 20.2. The molecule has 160 valence electrons. The highest BCUT2D eigenvalue weighted by atomic mass is 32.2. The molecule has 2 unspecified atom stereocenters. The van der Waals surface area contributed by atoms with Gasteiger partial charge in [0.1, 0.15) is 11.6 Å². The highest BCUT2D eigenvalue weighted by molar-refractivity contribution is 8.09. The Balaban J connectivity index is 1.52. The molecule has 0 spiro atoms. The Morgan fingerprint density at radius 3 is 2.74 bits per heavy atom. The Morgan fingerprint density at radius 2 is 2.00 bits per heavy atom. The highest BCUT2D eigenvalue weighted by Crippen LogP contribution is 2.47. The first-order valence-electron chi connectivity index (χ1n) is 10.6. The average molecular weight is 433 g/mol. The van der Waals surface area contributed by atoms with Gasteiger partial charge < -0.3 is 9.72 Å². The summed E-state index contributed by atoms with van der Waals surface area (Å²) < 4.78 is 5.39. The number of hydrazine groups is 1. The maximum absolute atomic E-state index is 5.39. The average Bonchev–Trinajstić information content (AvgIpc) is 3.43. The molecule has 5 rings (SSSR count). The fourth-order valence-electron chi connectivity index (χ4n) is 4.55. The van der Waals surface area contributed by atoms with E-state index in [9.17, 15) is 0 Å². The molecule has 2 atom stereocenters. The van der Waals surface area contributed by atoms with Crippen molar-refractivity contribution in [2.24, 2.45) is 0 Å². The number of nitrogens with zero attached hydrogens (tertiary/aromatic N) is 3. The van der Waals surface area contributed by atoms with Crippen LogP contribution in [0.4, 0.5) is 0 Å². The number of H-pyrrole nitrogens is 1. The van der Waals surface area contributed by atoms with Crippen LogP contribution in [0.2, 0.25) is 0 Å². The minimum absolute atomic E-state index is 0.294. The predicted molar refractivity (Wildman–Crippen MR) is 129 cm³/mol. The summed E-state index contributed by atoms with van der Waals surface area (Å²) in [6.45, 7) is 11.8. The van der Waals surface area contributed by atoms with Crippen molar-refractivity contribution in [3.8, 4) is 5.75 Å². The third-order valence-corrected chi connectivity index (χ3v) is 7.42. The van der Waals surface area contributed by atoms with Crippen molar-refractivity contribution in [3.63, 3.8) is 0 Å². The van der Waals surface area contributed by atoms with Crippen molar-refractivity contribution >= 4 is 27.7 Å². The minimum Gasteiger partial charge on any atom is -0.497 e. The zero-order valence-electron chi connectivity index (χ0n) is 18.5. The van der Waals surface area contributed by atoms with Gasteiger partial charge in [-0.15, -0.1) is 0 Å². The number of nitrogens with one attached hydrogen (secondary N) is 1. The summed E-state index contributed by atoms with van der Waals surface area (Å²) in [5.41, 5.74) is 5.41. The van der Waals surface area contributed by atoms with E-state index in [1.165, 1.54) is 21.6 Å². The largest absolute Gasteiger partial charge is 0.497 e. The van der Waals surface area contributed by atoms with Crippen LogP contribution in [-0.2, 0) is 5.54 Å². The highest BCUT2D eigenvalue weighted by Gasteiger charge is 2.47. The molecule has 3 aromatic rings. The van der Waals surface area contributed by atoms with E-state index in [1.807, 2.05) is 30.0 Å². The van der Waals surface area contributed by atoms with Gasteiger partial charge in [-0.2, -0.15) is 0 Å². The molecule has 0 bridgehead atoms. The van der Waals surface area contributed by atoms with Crippen LogP contribution in [0.1, 0.15) is 37.2 Å². The second-order valence-corrected chi connectivity index (χ2v) is 10.0. The summed E-state index contributed by atoms with van der Waals surface area (Å²) in [7, 11) is 1.69. The zero-order valence-corrected chi connectivity index (χ0v) is 19.3. The summed E-state index contributed by atoms with van der Waals surface area (Å²) in [6.07, 6.45) is 3.15. The number of methoxy groups -OCH3 is 1. The lowest BCUT2D eigenvalue weighted by molar-refractivity contribution is -0.0485. The second-order valence-electron chi connectivity index (χ2n) is 8.68. The fourth-order valence-corrected chi connectivity index (χ4v) is 5.64. The fraction of sp³-hybridized carbons (Fsp3) is 0.320. The molecule has 1 N–H and O–H groups in total. The van der Waals surface area contributed by atoms with E-state index in [-0.39, 0.29) is 5.54 Å². The van der Waals surface area contributed by atoms with Gasteiger partial charge in [0.2, 0.25) is 0 Å². The number of benzene rings is 2. The molecular formula is C25H28N4OS. The van der Waals surface area contributed by atoms with E-state index in [4.69, 9.17) is 9.72 Å². The number of aromatic amines is 1. The number of aromatic nitrogens is 2. The van der Waals surface area contributed by atoms with Crippen LogP contribution in [-0.4, -0.2) is 39.0 Å². The molecule has 0 saturated carbocycles. The molecule has 1 aromatic heterocycles. The first-order valence-corrected chi connectivity index (χ1v) is 11.5. The van der Waals surface area contributed by atoms with Gasteiger partial charge in [-0.3, -0.25) is 5.01 Å². The van der Waals surface area contributed by atoms with Gasteiger partial charge in [0.15, 0.2) is 0 Å². The lowest BCUT2D eigenvalue weighted by Crippen LogP contribution is -2.50. The summed E-state index contributed by atoms with van der Waals surface area (Å²) in [6, 6.07) is 14.7. The van der Waals surface area contributed by atoms with Crippen LogP contribution < -0.4 is 4.74 Å². The molecule has 2 aliphatic rings. The Labute approximate surface area is 187 Å². The number of thioether (sulfide) groups is 1. The number of rotatable bonds is 4. The van der Waals surface area contributed by atoms with E-state index in [1.54, 1.807) is 7.11 Å². The van der Waals surface area contributed by atoms with E-state index in [0.717, 1.165) is 35.6 Å². The molecule has 6 heteroatoms. The molecule has 1 saturated heterocycles. The quantitative estimate of drug-likeness (QED) is 0.539. The summed E-state index contributed by atoms with van der Waals surface area (Å²) >= 11 is 1.90. The molecule has 1 fully saturated rings. The number of ether oxygens (including phenoxy) is 1. The van der Waals surface area contributed by atoms with Crippen molar-refractivity contribution in [1.82, 2.24) is 20.0 Å². The van der Waals surface area contributed by atoms with Crippen molar-refractivity contribution in [2.45, 2.75) is 38.1 Å². The molecule has 31 heavy (non-hydrogen) atoms. The lowest BCUT2D eigenvalue weighted by Gasteiger charge is -2.41. The van der Waals surface area contributed by atoms with Gasteiger partial charge in [0.25, 0.3) is 0 Å². The van der Waals surface area contributed by atoms with E-state index >= 15 is 0 Å². The van der Waals surface area contributed by atoms with Gasteiger partial charge in [0.05, 0.1) is 29.1 Å². The second kappa shape index (κ2) is 7.46. The molecule has 2 aliphatic heterocycles. The van der Waals surface area contributed by atoms with Gasteiger partial charge in [-0.25, -0.2) is 9.99 Å². The minimum atomic E-state index is -0.294. The Kier molecular flexibility index (Phi) is 4.87. The third-order valence-electron chi connectivity index (χ3n) is 6.27. The monoisotopic (exact) mass is 432 g/mol. The van der Waals surface area contributed by atoms with Crippen molar-refractivity contribution in [3.05, 3.63) is 77.8 Å². The van der Waals surface area contributed by atoms with Gasteiger partial charge in [0, 0.05) is 23.7 Å².